The van der Waals surface area contributed by atoms with Crippen LogP contribution >= 0.6 is 0 Å². The molecule has 0 saturated carbocycles. The van der Waals surface area contributed by atoms with E-state index in [1.54, 1.807) is 6.92 Å². The van der Waals surface area contributed by atoms with Crippen LogP contribution in [0.15, 0.2) is 60.7 Å². The molecule has 0 fully saturated rings. The summed E-state index contributed by atoms with van der Waals surface area (Å²) in [5, 5.41) is 19.0. The summed E-state index contributed by atoms with van der Waals surface area (Å²) in [6, 6.07) is 17.3. The van der Waals surface area contributed by atoms with E-state index in [1.165, 1.54) is 25.3 Å². The lowest BCUT2D eigenvalue weighted by Gasteiger charge is -2.17. The monoisotopic (exact) mass is 365 g/mol. The average molecular weight is 365 g/mol. The minimum atomic E-state index is -0.560. The summed E-state index contributed by atoms with van der Waals surface area (Å²) in [4.78, 5) is 23.0. The van der Waals surface area contributed by atoms with Crippen molar-refractivity contribution in [3.05, 3.63) is 70.8 Å². The molecule has 0 heterocycles. The number of amides is 1. The normalized spacial score (nSPS) is 11.6. The van der Waals surface area contributed by atoms with Crippen molar-refractivity contribution >= 4 is 33.7 Å². The van der Waals surface area contributed by atoms with Gasteiger partial charge in [0.15, 0.2) is 0 Å². The maximum Gasteiger partial charge on any atom is 0.271 e. The number of ether oxygens (including phenoxy) is 1. The Kier molecular flexibility index (Phi) is 5.21. The highest BCUT2D eigenvalue weighted by atomic mass is 16.6. The second kappa shape index (κ2) is 7.74. The summed E-state index contributed by atoms with van der Waals surface area (Å²) in [6.45, 7) is 1.72. The van der Waals surface area contributed by atoms with Crippen molar-refractivity contribution in [2.45, 2.75) is 13.0 Å². The molecule has 3 aromatic rings. The van der Waals surface area contributed by atoms with Crippen molar-refractivity contribution in [2.75, 3.05) is 17.7 Å². The van der Waals surface area contributed by atoms with E-state index in [-0.39, 0.29) is 17.3 Å². The molecule has 0 aliphatic carbocycles. The highest BCUT2D eigenvalue weighted by Gasteiger charge is 2.17. The minimum Gasteiger partial charge on any atom is -0.495 e. The van der Waals surface area contributed by atoms with Gasteiger partial charge in [-0.25, -0.2) is 0 Å². The lowest BCUT2D eigenvalue weighted by atomic mass is 10.1. The molecule has 0 unspecified atom stereocenters. The maximum absolute atomic E-state index is 12.5. The van der Waals surface area contributed by atoms with Crippen molar-refractivity contribution in [3.8, 4) is 5.75 Å². The van der Waals surface area contributed by atoms with Crippen LogP contribution in [0, 0.1) is 10.1 Å². The number of fused-ring (bicyclic) bond motifs is 1. The molecule has 7 heteroatoms. The molecule has 3 aromatic carbocycles. The maximum atomic E-state index is 12.5. The molecule has 0 bridgehead atoms. The quantitative estimate of drug-likeness (QED) is 0.504. The van der Waals surface area contributed by atoms with Crippen molar-refractivity contribution in [3.63, 3.8) is 0 Å². The van der Waals surface area contributed by atoms with E-state index in [0.717, 1.165) is 16.5 Å². The molecular formula is C20H19N3O4. The number of anilines is 2. The number of benzene rings is 3. The first kappa shape index (κ1) is 18.2. The summed E-state index contributed by atoms with van der Waals surface area (Å²) in [6.07, 6.45) is 0. The van der Waals surface area contributed by atoms with E-state index in [2.05, 4.69) is 10.6 Å². The summed E-state index contributed by atoms with van der Waals surface area (Å²) >= 11 is 0. The third-order valence-corrected chi connectivity index (χ3v) is 4.18. The van der Waals surface area contributed by atoms with Gasteiger partial charge in [0.25, 0.3) is 5.69 Å². The summed E-state index contributed by atoms with van der Waals surface area (Å²) in [5.41, 5.74) is 0.937. The van der Waals surface area contributed by atoms with E-state index in [1.807, 2.05) is 42.5 Å². The summed E-state index contributed by atoms with van der Waals surface area (Å²) in [7, 11) is 1.44. The van der Waals surface area contributed by atoms with Gasteiger partial charge in [0.05, 0.1) is 17.7 Å². The number of hydrogen-bond acceptors (Lipinski definition) is 5. The number of nitro benzene ring substituents is 1. The van der Waals surface area contributed by atoms with Gasteiger partial charge >= 0.3 is 0 Å². The lowest BCUT2D eigenvalue weighted by Crippen LogP contribution is -2.32. The van der Waals surface area contributed by atoms with Gasteiger partial charge in [0.2, 0.25) is 5.91 Å². The molecule has 1 amide bonds. The van der Waals surface area contributed by atoms with Crippen LogP contribution in [0.2, 0.25) is 0 Å². The second-order valence-electron chi connectivity index (χ2n) is 6.06. The van der Waals surface area contributed by atoms with Crippen LogP contribution in [-0.4, -0.2) is 24.0 Å². The standard InChI is InChI=1S/C20H19N3O4/c1-13(21-16-8-7-14-5-3-4-6-15(14)11-16)20(24)22-18-12-17(23(25)26)9-10-19(18)27-2/h3-13,21H,1-2H3,(H,22,24)/t13-/m1/s1. The van der Waals surface area contributed by atoms with Crippen molar-refractivity contribution in [2.24, 2.45) is 0 Å². The van der Waals surface area contributed by atoms with Gasteiger partial charge in [-0.3, -0.25) is 14.9 Å². The number of methoxy groups -OCH3 is 1. The zero-order chi connectivity index (χ0) is 19.4. The number of non-ortho nitro benzene ring substituents is 1. The van der Waals surface area contributed by atoms with Crippen LogP contribution in [0.5, 0.6) is 5.75 Å². The fourth-order valence-electron chi connectivity index (χ4n) is 2.74. The molecule has 1 atom stereocenters. The Morgan fingerprint density at radius 3 is 2.52 bits per heavy atom. The number of nitro groups is 1. The average Bonchev–Trinajstić information content (AvgIpc) is 2.67. The van der Waals surface area contributed by atoms with Crippen LogP contribution in [0.3, 0.4) is 0 Å². The largest absolute Gasteiger partial charge is 0.495 e. The van der Waals surface area contributed by atoms with Gasteiger partial charge in [0.1, 0.15) is 11.8 Å². The second-order valence-corrected chi connectivity index (χ2v) is 6.06. The van der Waals surface area contributed by atoms with E-state index in [4.69, 9.17) is 4.74 Å². The first-order valence-corrected chi connectivity index (χ1v) is 8.36. The molecule has 3 rings (SSSR count). The fourth-order valence-corrected chi connectivity index (χ4v) is 2.74. The van der Waals surface area contributed by atoms with E-state index >= 15 is 0 Å². The van der Waals surface area contributed by atoms with Crippen molar-refractivity contribution in [1.82, 2.24) is 0 Å². The Morgan fingerprint density at radius 1 is 1.07 bits per heavy atom. The zero-order valence-electron chi connectivity index (χ0n) is 14.9. The molecule has 0 radical (unpaired) electrons. The molecule has 27 heavy (non-hydrogen) atoms. The van der Waals surface area contributed by atoms with E-state index < -0.39 is 11.0 Å². The third-order valence-electron chi connectivity index (χ3n) is 4.18. The van der Waals surface area contributed by atoms with Crippen molar-refractivity contribution < 1.29 is 14.5 Å². The Hall–Kier alpha value is -3.61. The number of nitrogens with one attached hydrogen (secondary N) is 2. The molecule has 0 aromatic heterocycles. The molecule has 0 aliphatic heterocycles. The predicted octanol–water partition coefficient (Wildman–Crippen LogP) is 4.20. The first-order chi connectivity index (χ1) is 13.0. The highest BCUT2D eigenvalue weighted by molar-refractivity contribution is 5.98. The Morgan fingerprint density at radius 2 is 1.81 bits per heavy atom. The van der Waals surface area contributed by atoms with Crippen LogP contribution in [0.4, 0.5) is 17.1 Å². The smallest absolute Gasteiger partial charge is 0.271 e. The molecule has 7 nitrogen and oxygen atoms in total. The van der Waals surface area contributed by atoms with Gasteiger partial charge in [-0.15, -0.1) is 0 Å². The summed E-state index contributed by atoms with van der Waals surface area (Å²) in [5.74, 6) is 0.0220. The lowest BCUT2D eigenvalue weighted by molar-refractivity contribution is -0.384. The minimum absolute atomic E-state index is 0.124. The van der Waals surface area contributed by atoms with Gasteiger partial charge in [-0.05, 0) is 35.9 Å². The number of carbonyl (C=O) groups excluding carboxylic acids is 1. The number of carbonyl (C=O) groups is 1. The third kappa shape index (κ3) is 4.14. The fraction of sp³-hybridized carbons (Fsp3) is 0.150. The Labute approximate surface area is 156 Å². The topological polar surface area (TPSA) is 93.5 Å². The molecule has 0 saturated heterocycles. The highest BCUT2D eigenvalue weighted by Crippen LogP contribution is 2.29. The SMILES string of the molecule is COc1ccc([N+](=O)[O-])cc1NC(=O)[C@@H](C)Nc1ccc2ccccc2c1. The Balaban J connectivity index is 1.75. The molecule has 2 N–H and O–H groups in total. The Bertz CT molecular complexity index is 1000. The van der Waals surface area contributed by atoms with Gasteiger partial charge < -0.3 is 15.4 Å². The molecule has 0 aliphatic rings. The van der Waals surface area contributed by atoms with Crippen molar-refractivity contribution in [1.29, 1.82) is 0 Å². The van der Waals surface area contributed by atoms with E-state index in [9.17, 15) is 14.9 Å². The van der Waals surface area contributed by atoms with Crippen LogP contribution in [-0.2, 0) is 4.79 Å². The van der Waals surface area contributed by atoms with Crippen LogP contribution in [0.25, 0.3) is 10.8 Å². The number of nitrogens with zero attached hydrogens (tertiary/aromatic N) is 1. The molecule has 138 valence electrons. The zero-order valence-corrected chi connectivity index (χ0v) is 14.9. The van der Waals surface area contributed by atoms with Gasteiger partial charge in [-0.2, -0.15) is 0 Å². The predicted molar refractivity (Wildman–Crippen MR) is 105 cm³/mol. The van der Waals surface area contributed by atoms with E-state index in [0.29, 0.717) is 5.75 Å². The van der Waals surface area contributed by atoms with Gasteiger partial charge in [-0.1, -0.05) is 30.3 Å². The number of hydrogen-bond donors (Lipinski definition) is 2. The molecular weight excluding hydrogens is 346 g/mol. The van der Waals surface area contributed by atoms with Crippen LogP contribution in [0.1, 0.15) is 6.92 Å². The first-order valence-electron chi connectivity index (χ1n) is 8.36. The number of rotatable bonds is 6. The van der Waals surface area contributed by atoms with Crippen LogP contribution < -0.4 is 15.4 Å². The van der Waals surface area contributed by atoms with Gasteiger partial charge in [0, 0.05) is 17.8 Å². The summed E-state index contributed by atoms with van der Waals surface area (Å²) < 4.78 is 5.17. The molecule has 0 spiro atoms.